The van der Waals surface area contributed by atoms with E-state index >= 15 is 0 Å². The van der Waals surface area contributed by atoms with E-state index in [0.29, 0.717) is 34.3 Å². The van der Waals surface area contributed by atoms with Gasteiger partial charge in [0.25, 0.3) is 5.56 Å². The minimum atomic E-state index is -0.192. The van der Waals surface area contributed by atoms with Crippen LogP contribution in [0.2, 0.25) is 0 Å². The fourth-order valence-corrected chi connectivity index (χ4v) is 3.12. The zero-order valence-electron chi connectivity index (χ0n) is 15.7. The molecule has 1 aromatic heterocycles. The van der Waals surface area contributed by atoms with Crippen molar-refractivity contribution in [3.63, 3.8) is 0 Å². The maximum atomic E-state index is 12.3. The lowest BCUT2D eigenvalue weighted by Crippen LogP contribution is -2.20. The van der Waals surface area contributed by atoms with E-state index in [1.165, 1.54) is 11.8 Å². The molecule has 0 aliphatic carbocycles. The Bertz CT molecular complexity index is 1020. The van der Waals surface area contributed by atoms with Crippen LogP contribution in [-0.2, 0) is 11.2 Å². The number of aromatic nitrogens is 2. The number of thioether (sulfide) groups is 1. The maximum absolute atomic E-state index is 12.3. The Morgan fingerprint density at radius 2 is 1.89 bits per heavy atom. The van der Waals surface area contributed by atoms with Gasteiger partial charge < -0.3 is 15.0 Å². The van der Waals surface area contributed by atoms with Gasteiger partial charge in [0, 0.05) is 29.4 Å². The molecule has 1 amide bonds. The van der Waals surface area contributed by atoms with E-state index in [1.54, 1.807) is 19.1 Å². The van der Waals surface area contributed by atoms with Crippen LogP contribution in [0.15, 0.2) is 64.5 Å². The summed E-state index contributed by atoms with van der Waals surface area (Å²) in [6.45, 7) is 1.78. The van der Waals surface area contributed by atoms with Crippen molar-refractivity contribution in [3.8, 4) is 11.5 Å². The Hall–Kier alpha value is -3.06. The Morgan fingerprint density at radius 3 is 2.61 bits per heavy atom. The third kappa shape index (κ3) is 5.23. The number of anilines is 1. The molecule has 0 radical (unpaired) electrons. The molecule has 0 fully saturated rings. The molecule has 6 nitrogen and oxygen atoms in total. The van der Waals surface area contributed by atoms with Gasteiger partial charge in [0.1, 0.15) is 11.5 Å². The number of para-hydroxylation sites is 1. The smallest absolute Gasteiger partial charge is 0.254 e. The van der Waals surface area contributed by atoms with Crippen molar-refractivity contribution in [2.24, 2.45) is 0 Å². The number of H-pyrrole nitrogens is 1. The topological polar surface area (TPSA) is 84.1 Å². The molecule has 1 heterocycles. The quantitative estimate of drug-likeness (QED) is 0.463. The molecule has 7 heteroatoms. The second-order valence-corrected chi connectivity index (χ2v) is 6.93. The molecule has 0 saturated heterocycles. The first-order valence-corrected chi connectivity index (χ1v) is 10.0. The lowest BCUT2D eigenvalue weighted by molar-refractivity contribution is -0.116. The van der Waals surface area contributed by atoms with Crippen molar-refractivity contribution in [2.75, 3.05) is 11.6 Å². The highest BCUT2D eigenvalue weighted by atomic mass is 32.2. The number of carbonyl (C=O) groups is 1. The molecule has 2 aromatic carbocycles. The Labute approximate surface area is 167 Å². The number of hydrogen-bond acceptors (Lipinski definition) is 5. The number of hydrogen-bond donors (Lipinski definition) is 2. The first-order chi connectivity index (χ1) is 13.5. The van der Waals surface area contributed by atoms with Gasteiger partial charge in [0.2, 0.25) is 5.91 Å². The number of benzene rings is 2. The van der Waals surface area contributed by atoms with Gasteiger partial charge in [0.05, 0.1) is 0 Å². The lowest BCUT2D eigenvalue weighted by atomic mass is 10.1. The zero-order valence-corrected chi connectivity index (χ0v) is 16.5. The molecular weight excluding hydrogens is 374 g/mol. The molecule has 0 atom stereocenters. The summed E-state index contributed by atoms with van der Waals surface area (Å²) in [5.41, 5.74) is 1.64. The third-order valence-corrected chi connectivity index (χ3v) is 4.67. The second-order valence-electron chi connectivity index (χ2n) is 6.13. The first-order valence-electron chi connectivity index (χ1n) is 8.82. The fraction of sp³-hybridized carbons (Fsp3) is 0.190. The van der Waals surface area contributed by atoms with Crippen molar-refractivity contribution in [3.05, 3.63) is 76.2 Å². The van der Waals surface area contributed by atoms with E-state index in [0.717, 1.165) is 5.75 Å². The Morgan fingerprint density at radius 1 is 1.14 bits per heavy atom. The summed E-state index contributed by atoms with van der Waals surface area (Å²) in [5, 5.41) is 3.42. The van der Waals surface area contributed by atoms with E-state index in [1.807, 2.05) is 48.7 Å². The summed E-state index contributed by atoms with van der Waals surface area (Å²) in [6, 6.07) is 16.6. The van der Waals surface area contributed by atoms with Gasteiger partial charge in [-0.2, -0.15) is 0 Å². The molecule has 144 valence electrons. The van der Waals surface area contributed by atoms with E-state index in [9.17, 15) is 9.59 Å². The number of carbonyl (C=O) groups excluding carboxylic acids is 1. The van der Waals surface area contributed by atoms with E-state index < -0.39 is 0 Å². The molecule has 28 heavy (non-hydrogen) atoms. The van der Waals surface area contributed by atoms with Crippen LogP contribution in [0.4, 0.5) is 5.69 Å². The summed E-state index contributed by atoms with van der Waals surface area (Å²) in [6.07, 6.45) is 2.36. The minimum Gasteiger partial charge on any atom is -0.457 e. The molecule has 3 rings (SSSR count). The molecule has 0 aliphatic heterocycles. The van der Waals surface area contributed by atoms with Gasteiger partial charge in [-0.25, -0.2) is 4.98 Å². The van der Waals surface area contributed by atoms with Crippen molar-refractivity contribution in [2.45, 2.75) is 24.9 Å². The highest BCUT2D eigenvalue weighted by molar-refractivity contribution is 7.98. The Kier molecular flexibility index (Phi) is 6.49. The number of rotatable bonds is 7. The summed E-state index contributed by atoms with van der Waals surface area (Å²) in [7, 11) is 0. The predicted octanol–water partition coefficient (Wildman–Crippen LogP) is 4.16. The van der Waals surface area contributed by atoms with Gasteiger partial charge in [-0.15, -0.1) is 0 Å². The highest BCUT2D eigenvalue weighted by Crippen LogP contribution is 2.24. The largest absolute Gasteiger partial charge is 0.457 e. The van der Waals surface area contributed by atoms with Crippen molar-refractivity contribution < 1.29 is 9.53 Å². The molecule has 0 bridgehead atoms. The first kappa shape index (κ1) is 19.7. The van der Waals surface area contributed by atoms with Gasteiger partial charge >= 0.3 is 0 Å². The van der Waals surface area contributed by atoms with Crippen LogP contribution in [0.25, 0.3) is 0 Å². The summed E-state index contributed by atoms with van der Waals surface area (Å²) < 4.78 is 5.78. The third-order valence-electron chi connectivity index (χ3n) is 4.09. The van der Waals surface area contributed by atoms with Gasteiger partial charge in [-0.05, 0) is 43.9 Å². The monoisotopic (exact) mass is 395 g/mol. The number of aromatic amines is 1. The molecule has 3 aromatic rings. The number of aryl methyl sites for hydroxylation is 1. The van der Waals surface area contributed by atoms with Crippen LogP contribution in [0.5, 0.6) is 11.5 Å². The predicted molar refractivity (Wildman–Crippen MR) is 111 cm³/mol. The molecule has 0 unspecified atom stereocenters. The number of nitrogens with zero attached hydrogens (tertiary/aromatic N) is 1. The number of nitrogens with one attached hydrogen (secondary N) is 2. The molecule has 0 spiro atoms. The minimum absolute atomic E-state index is 0.176. The van der Waals surface area contributed by atoms with E-state index in [-0.39, 0.29) is 17.9 Å². The summed E-state index contributed by atoms with van der Waals surface area (Å²) in [4.78, 5) is 31.5. The van der Waals surface area contributed by atoms with Crippen molar-refractivity contribution >= 4 is 23.4 Å². The second kappa shape index (κ2) is 9.23. The normalized spacial score (nSPS) is 10.5. The number of ether oxygens (including phenoxy) is 1. The number of amides is 1. The standard InChI is InChI=1S/C21H21N3O3S/c1-14-18(20(26)24-21(22-14)28-2)11-12-19(25)23-15-7-6-10-17(13-15)27-16-8-4-3-5-9-16/h3-10,13H,11-12H2,1-2H3,(H,23,25)(H,22,24,26). The summed E-state index contributed by atoms with van der Waals surface area (Å²) in [5.74, 6) is 1.18. The molecule has 0 aliphatic rings. The van der Waals surface area contributed by atoms with Crippen molar-refractivity contribution in [1.82, 2.24) is 9.97 Å². The van der Waals surface area contributed by atoms with Gasteiger partial charge in [-0.3, -0.25) is 9.59 Å². The average molecular weight is 395 g/mol. The van der Waals surface area contributed by atoms with Gasteiger partial charge in [0.15, 0.2) is 5.16 Å². The average Bonchev–Trinajstić information content (AvgIpc) is 2.68. The van der Waals surface area contributed by atoms with Crippen LogP contribution in [0.3, 0.4) is 0 Å². The fourth-order valence-electron chi connectivity index (χ4n) is 2.70. The zero-order chi connectivity index (χ0) is 19.9. The highest BCUT2D eigenvalue weighted by Gasteiger charge is 2.11. The molecule has 0 saturated carbocycles. The van der Waals surface area contributed by atoms with Crippen molar-refractivity contribution in [1.29, 1.82) is 0 Å². The summed E-state index contributed by atoms with van der Waals surface area (Å²) >= 11 is 1.38. The van der Waals surface area contributed by atoms with E-state index in [2.05, 4.69) is 15.3 Å². The maximum Gasteiger partial charge on any atom is 0.254 e. The van der Waals surface area contributed by atoms with Crippen LogP contribution in [0, 0.1) is 6.92 Å². The van der Waals surface area contributed by atoms with Crippen LogP contribution in [-0.4, -0.2) is 22.1 Å². The molecule has 2 N–H and O–H groups in total. The van der Waals surface area contributed by atoms with Crippen LogP contribution < -0.4 is 15.6 Å². The van der Waals surface area contributed by atoms with E-state index in [4.69, 9.17) is 4.74 Å². The van der Waals surface area contributed by atoms with Crippen LogP contribution in [0.1, 0.15) is 17.7 Å². The SMILES string of the molecule is CSc1nc(C)c(CCC(=O)Nc2cccc(Oc3ccccc3)c2)c(=O)[nH]1. The Balaban J connectivity index is 1.61. The molecular formula is C21H21N3O3S. The van der Waals surface area contributed by atoms with Gasteiger partial charge in [-0.1, -0.05) is 36.0 Å². The van der Waals surface area contributed by atoms with Crippen LogP contribution >= 0.6 is 11.8 Å². The lowest BCUT2D eigenvalue weighted by Gasteiger charge is -2.09.